The molecule has 5 heteroatoms. The van der Waals surface area contributed by atoms with Crippen LogP contribution in [0.2, 0.25) is 0 Å². The lowest BCUT2D eigenvalue weighted by molar-refractivity contribution is 1.11. The maximum absolute atomic E-state index is 10.8. The Balaban J connectivity index is 3.15. The summed E-state index contributed by atoms with van der Waals surface area (Å²) < 4.78 is 1.44. The Labute approximate surface area is 70.7 Å². The van der Waals surface area contributed by atoms with Crippen molar-refractivity contribution in [2.75, 3.05) is 0 Å². The van der Waals surface area contributed by atoms with Crippen LogP contribution in [-0.4, -0.2) is 9.97 Å². The predicted molar refractivity (Wildman–Crippen MR) is 47.6 cm³/mol. The van der Waals surface area contributed by atoms with Crippen molar-refractivity contribution in [3.63, 3.8) is 0 Å². The van der Waals surface area contributed by atoms with Crippen LogP contribution in [0.3, 0.4) is 0 Å². The van der Waals surface area contributed by atoms with E-state index in [1.54, 1.807) is 0 Å². The molecular weight excluding hydrogens is 180 g/mol. The van der Waals surface area contributed by atoms with Crippen LogP contribution >= 0.6 is 23.6 Å². The second kappa shape index (κ2) is 2.28. The summed E-state index contributed by atoms with van der Waals surface area (Å²) in [4.78, 5) is 16.0. The van der Waals surface area contributed by atoms with Crippen molar-refractivity contribution in [1.29, 1.82) is 0 Å². The van der Waals surface area contributed by atoms with Crippen LogP contribution in [0.1, 0.15) is 0 Å². The van der Waals surface area contributed by atoms with E-state index in [9.17, 15) is 4.79 Å². The molecule has 0 spiro atoms. The summed E-state index contributed by atoms with van der Waals surface area (Å²) in [7, 11) is 0. The zero-order valence-electron chi connectivity index (χ0n) is 5.38. The van der Waals surface area contributed by atoms with E-state index in [4.69, 9.17) is 12.2 Å². The van der Waals surface area contributed by atoms with Crippen molar-refractivity contribution in [3.8, 4) is 0 Å². The molecule has 2 heterocycles. The maximum atomic E-state index is 10.8. The highest BCUT2D eigenvalue weighted by molar-refractivity contribution is 7.71. The molecule has 0 saturated heterocycles. The third-order valence-corrected chi connectivity index (χ3v) is 2.71. The van der Waals surface area contributed by atoms with Gasteiger partial charge in [0.15, 0.2) is 0 Å². The molecule has 2 rings (SSSR count). The first kappa shape index (κ1) is 6.75. The summed E-state index contributed by atoms with van der Waals surface area (Å²) >= 11 is 6.45. The van der Waals surface area contributed by atoms with Crippen molar-refractivity contribution >= 4 is 33.8 Å². The number of thiophene rings is 1. The number of aromatic nitrogens is 2. The Kier molecular flexibility index (Phi) is 1.40. The van der Waals surface area contributed by atoms with Crippen LogP contribution in [0.15, 0.2) is 16.2 Å². The number of hydrogen-bond donors (Lipinski definition) is 2. The number of H-pyrrole nitrogens is 2. The van der Waals surface area contributed by atoms with Crippen molar-refractivity contribution < 1.29 is 0 Å². The Hall–Kier alpha value is -0.940. The third kappa shape index (κ3) is 1.02. The number of fused-ring (bicyclic) bond motifs is 1. The molecule has 0 fully saturated rings. The smallest absolute Gasteiger partial charge is 0.306 e. The Bertz CT molecular complexity index is 493. The van der Waals surface area contributed by atoms with Crippen LogP contribution in [0, 0.1) is 4.64 Å². The van der Waals surface area contributed by atoms with Gasteiger partial charge in [0.1, 0.15) is 4.64 Å². The molecule has 56 valence electrons. The van der Waals surface area contributed by atoms with Gasteiger partial charge in [-0.1, -0.05) is 12.2 Å². The van der Waals surface area contributed by atoms with E-state index in [1.807, 2.05) is 11.4 Å². The average Bonchev–Trinajstić information content (AvgIpc) is 2.34. The Morgan fingerprint density at radius 1 is 1.45 bits per heavy atom. The van der Waals surface area contributed by atoms with Crippen molar-refractivity contribution in [2.45, 2.75) is 0 Å². The molecule has 0 amide bonds. The molecule has 0 saturated carbocycles. The fraction of sp³-hybridized carbons (Fsp3) is 0. The van der Waals surface area contributed by atoms with Crippen LogP contribution < -0.4 is 5.69 Å². The normalized spacial score (nSPS) is 10.5. The monoisotopic (exact) mass is 184 g/mol. The van der Waals surface area contributed by atoms with Gasteiger partial charge < -0.3 is 4.98 Å². The van der Waals surface area contributed by atoms with E-state index in [2.05, 4.69) is 9.97 Å². The SMILES string of the molecule is O=c1[nH]c(=S)c2sccc2[nH]1. The molecule has 0 unspecified atom stereocenters. The molecule has 11 heavy (non-hydrogen) atoms. The number of aromatic amines is 2. The summed E-state index contributed by atoms with van der Waals surface area (Å²) in [6.45, 7) is 0. The van der Waals surface area contributed by atoms with E-state index in [1.165, 1.54) is 11.3 Å². The first-order valence-electron chi connectivity index (χ1n) is 2.97. The van der Waals surface area contributed by atoms with Gasteiger partial charge in [0, 0.05) is 0 Å². The molecule has 2 aromatic heterocycles. The summed E-state index contributed by atoms with van der Waals surface area (Å²) in [6.07, 6.45) is 0. The van der Waals surface area contributed by atoms with Crippen LogP contribution in [0.4, 0.5) is 0 Å². The lowest BCUT2D eigenvalue weighted by Crippen LogP contribution is -2.08. The summed E-state index contributed by atoms with van der Waals surface area (Å²) in [5.74, 6) is 0. The second-order valence-electron chi connectivity index (χ2n) is 2.07. The molecule has 0 atom stereocenters. The van der Waals surface area contributed by atoms with Crippen molar-refractivity contribution in [3.05, 3.63) is 26.6 Å². The largest absolute Gasteiger partial charge is 0.324 e. The summed E-state index contributed by atoms with van der Waals surface area (Å²) in [5.41, 5.74) is 0.560. The zero-order chi connectivity index (χ0) is 7.84. The molecular formula is C6H4N2OS2. The van der Waals surface area contributed by atoms with Gasteiger partial charge in [-0.25, -0.2) is 4.79 Å². The van der Waals surface area contributed by atoms with Gasteiger partial charge in [0.05, 0.1) is 10.2 Å². The van der Waals surface area contributed by atoms with Crippen LogP contribution in [0.25, 0.3) is 10.2 Å². The first-order chi connectivity index (χ1) is 5.27. The zero-order valence-corrected chi connectivity index (χ0v) is 7.01. The van der Waals surface area contributed by atoms with E-state index in [-0.39, 0.29) is 5.69 Å². The lowest BCUT2D eigenvalue weighted by Gasteiger charge is -1.86. The molecule has 0 aliphatic heterocycles. The molecule has 0 aromatic carbocycles. The van der Waals surface area contributed by atoms with Gasteiger partial charge in [-0.05, 0) is 11.4 Å². The Morgan fingerprint density at radius 2 is 2.27 bits per heavy atom. The van der Waals surface area contributed by atoms with Crippen LogP contribution in [-0.2, 0) is 0 Å². The highest BCUT2D eigenvalue weighted by Gasteiger charge is 1.96. The van der Waals surface area contributed by atoms with Gasteiger partial charge in [0.2, 0.25) is 0 Å². The van der Waals surface area contributed by atoms with E-state index < -0.39 is 0 Å². The Morgan fingerprint density at radius 3 is 3.09 bits per heavy atom. The quantitative estimate of drug-likeness (QED) is 0.611. The molecule has 0 bridgehead atoms. The van der Waals surface area contributed by atoms with Crippen LogP contribution in [0.5, 0.6) is 0 Å². The number of nitrogens with one attached hydrogen (secondary N) is 2. The average molecular weight is 184 g/mol. The molecule has 2 aromatic rings. The molecule has 0 radical (unpaired) electrons. The fourth-order valence-electron chi connectivity index (χ4n) is 0.897. The third-order valence-electron chi connectivity index (χ3n) is 1.35. The maximum Gasteiger partial charge on any atom is 0.324 e. The fourth-order valence-corrected chi connectivity index (χ4v) is 1.99. The standard InChI is InChI=1S/C6H4N2OS2/c9-6-7-3-1-2-11-4(3)5(10)8-6/h1-2H,(H2,7,8,9,10). The number of rotatable bonds is 0. The van der Waals surface area contributed by atoms with Gasteiger partial charge in [-0.2, -0.15) is 0 Å². The minimum atomic E-state index is -0.249. The summed E-state index contributed by atoms with van der Waals surface area (Å²) in [5, 5.41) is 1.89. The molecule has 0 aliphatic rings. The van der Waals surface area contributed by atoms with Gasteiger partial charge >= 0.3 is 5.69 Å². The minimum absolute atomic E-state index is 0.249. The second-order valence-corrected chi connectivity index (χ2v) is 3.40. The highest BCUT2D eigenvalue weighted by Crippen LogP contribution is 2.16. The van der Waals surface area contributed by atoms with Gasteiger partial charge in [-0.15, -0.1) is 11.3 Å². The lowest BCUT2D eigenvalue weighted by atomic mass is 10.5. The van der Waals surface area contributed by atoms with Gasteiger partial charge in [-0.3, -0.25) is 4.98 Å². The predicted octanol–water partition coefficient (Wildman–Crippen LogP) is 1.65. The van der Waals surface area contributed by atoms with Crippen molar-refractivity contribution in [2.24, 2.45) is 0 Å². The minimum Gasteiger partial charge on any atom is -0.306 e. The topological polar surface area (TPSA) is 48.6 Å². The van der Waals surface area contributed by atoms with Crippen molar-refractivity contribution in [1.82, 2.24) is 9.97 Å². The first-order valence-corrected chi connectivity index (χ1v) is 4.26. The molecule has 0 aliphatic carbocycles. The molecule has 2 N–H and O–H groups in total. The highest BCUT2D eigenvalue weighted by atomic mass is 32.1. The van der Waals surface area contributed by atoms with Gasteiger partial charge in [0.25, 0.3) is 0 Å². The number of hydrogen-bond acceptors (Lipinski definition) is 3. The molecule has 3 nitrogen and oxygen atoms in total. The summed E-state index contributed by atoms with van der Waals surface area (Å²) in [6, 6.07) is 1.84. The van der Waals surface area contributed by atoms with E-state index in [0.29, 0.717) is 4.64 Å². The van der Waals surface area contributed by atoms with E-state index in [0.717, 1.165) is 10.2 Å². The van der Waals surface area contributed by atoms with E-state index >= 15 is 0 Å².